The summed E-state index contributed by atoms with van der Waals surface area (Å²) in [5, 5.41) is 0.589. The van der Waals surface area contributed by atoms with Gasteiger partial charge in [0, 0.05) is 5.25 Å². The number of halogens is 2. The van der Waals surface area contributed by atoms with Crippen LogP contribution in [0.3, 0.4) is 0 Å². The quantitative estimate of drug-likeness (QED) is 0.776. The predicted molar refractivity (Wildman–Crippen MR) is 75.4 cm³/mol. The highest BCUT2D eigenvalue weighted by Gasteiger charge is 2.43. The van der Waals surface area contributed by atoms with Gasteiger partial charge in [0.1, 0.15) is 5.78 Å². The van der Waals surface area contributed by atoms with Crippen LogP contribution in [0.25, 0.3) is 0 Å². The first kappa shape index (κ1) is 13.9. The first-order valence-corrected chi connectivity index (χ1v) is 7.26. The van der Waals surface area contributed by atoms with Crippen LogP contribution >= 0.6 is 35.0 Å². The van der Waals surface area contributed by atoms with Crippen molar-refractivity contribution in [2.45, 2.75) is 24.3 Å². The van der Waals surface area contributed by atoms with Gasteiger partial charge in [-0.2, -0.15) is 0 Å². The zero-order valence-corrected chi connectivity index (χ0v) is 12.3. The van der Waals surface area contributed by atoms with Crippen molar-refractivity contribution >= 4 is 46.5 Å². The van der Waals surface area contributed by atoms with Crippen molar-refractivity contribution in [3.05, 3.63) is 33.8 Å². The van der Waals surface area contributed by atoms with E-state index in [1.807, 2.05) is 6.92 Å². The summed E-state index contributed by atoms with van der Waals surface area (Å²) in [4.78, 5) is 23.7. The number of hydrogen-bond acceptors (Lipinski definition) is 3. The van der Waals surface area contributed by atoms with Crippen LogP contribution in [0.5, 0.6) is 0 Å². The highest BCUT2D eigenvalue weighted by atomic mass is 35.5. The smallest absolute Gasteiger partial charge is 0.161 e. The number of carbonyl (C=O) groups is 2. The maximum absolute atomic E-state index is 12.2. The molecule has 18 heavy (non-hydrogen) atoms. The zero-order valence-electron chi connectivity index (χ0n) is 9.94. The third kappa shape index (κ3) is 2.44. The van der Waals surface area contributed by atoms with Crippen molar-refractivity contribution in [3.8, 4) is 0 Å². The van der Waals surface area contributed by atoms with E-state index in [-0.39, 0.29) is 22.1 Å². The Morgan fingerprint density at radius 2 is 1.94 bits per heavy atom. The minimum atomic E-state index is -0.505. The number of ketones is 2. The fraction of sp³-hybridized carbons (Fsp3) is 0.385. The first-order valence-electron chi connectivity index (χ1n) is 5.56. The number of benzene rings is 1. The second-order valence-corrected chi connectivity index (χ2v) is 6.69. The largest absolute Gasteiger partial charge is 0.299 e. The third-order valence-corrected chi connectivity index (χ3v) is 5.29. The van der Waals surface area contributed by atoms with Crippen molar-refractivity contribution < 1.29 is 9.59 Å². The zero-order chi connectivity index (χ0) is 13.4. The molecule has 0 amide bonds. The molecule has 1 fully saturated rings. The topological polar surface area (TPSA) is 34.1 Å². The van der Waals surface area contributed by atoms with E-state index in [0.717, 1.165) is 5.56 Å². The van der Waals surface area contributed by atoms with Gasteiger partial charge in [0.25, 0.3) is 0 Å². The standard InChI is InChI=1S/C13H12Cl2O2S/c1-6(16)11-7(2)18-13(12(11)17)8-3-4-9(14)10(15)5-8/h3-5,7,11,13H,1-2H3. The van der Waals surface area contributed by atoms with Gasteiger partial charge in [0.15, 0.2) is 5.78 Å². The molecule has 96 valence electrons. The van der Waals surface area contributed by atoms with Crippen molar-refractivity contribution in [1.82, 2.24) is 0 Å². The minimum absolute atomic E-state index is 0.00875. The fourth-order valence-corrected chi connectivity index (χ4v) is 4.01. The van der Waals surface area contributed by atoms with Crippen LogP contribution in [-0.4, -0.2) is 16.8 Å². The summed E-state index contributed by atoms with van der Waals surface area (Å²) in [5.74, 6) is -0.601. The summed E-state index contributed by atoms with van der Waals surface area (Å²) in [5.41, 5.74) is 0.815. The second-order valence-electron chi connectivity index (χ2n) is 4.39. The summed E-state index contributed by atoms with van der Waals surface area (Å²) in [6.07, 6.45) is 0. The van der Waals surface area contributed by atoms with Gasteiger partial charge in [-0.1, -0.05) is 36.2 Å². The molecule has 2 nitrogen and oxygen atoms in total. The van der Waals surface area contributed by atoms with Crippen LogP contribution in [0, 0.1) is 5.92 Å². The van der Waals surface area contributed by atoms with E-state index in [1.54, 1.807) is 18.2 Å². The lowest BCUT2D eigenvalue weighted by molar-refractivity contribution is -0.130. The number of hydrogen-bond donors (Lipinski definition) is 0. The van der Waals surface area contributed by atoms with E-state index in [0.29, 0.717) is 10.0 Å². The molecule has 0 bridgehead atoms. The van der Waals surface area contributed by atoms with Gasteiger partial charge in [0.2, 0.25) is 0 Å². The number of carbonyl (C=O) groups excluding carboxylic acids is 2. The molecule has 5 heteroatoms. The summed E-state index contributed by atoms with van der Waals surface area (Å²) >= 11 is 13.3. The van der Waals surface area contributed by atoms with E-state index in [9.17, 15) is 9.59 Å². The van der Waals surface area contributed by atoms with Crippen molar-refractivity contribution in [3.63, 3.8) is 0 Å². The molecule has 2 rings (SSSR count). The maximum Gasteiger partial charge on any atom is 0.161 e. The van der Waals surface area contributed by atoms with Crippen LogP contribution < -0.4 is 0 Å². The molecule has 1 heterocycles. The third-order valence-electron chi connectivity index (χ3n) is 3.07. The average molecular weight is 303 g/mol. The number of Topliss-reactive ketones (excluding diaryl/α,β-unsaturated/α-hetero) is 2. The summed E-state index contributed by atoms with van der Waals surface area (Å²) < 4.78 is 0. The highest BCUT2D eigenvalue weighted by Crippen LogP contribution is 2.46. The summed E-state index contributed by atoms with van der Waals surface area (Å²) in [6, 6.07) is 5.17. The first-order chi connectivity index (χ1) is 8.41. The molecule has 0 spiro atoms. The molecule has 0 radical (unpaired) electrons. The molecule has 0 aliphatic carbocycles. The van der Waals surface area contributed by atoms with E-state index in [4.69, 9.17) is 23.2 Å². The lowest BCUT2D eigenvalue weighted by atomic mass is 9.92. The molecular formula is C13H12Cl2O2S. The Morgan fingerprint density at radius 3 is 2.44 bits per heavy atom. The van der Waals surface area contributed by atoms with Gasteiger partial charge < -0.3 is 0 Å². The van der Waals surface area contributed by atoms with Gasteiger partial charge in [-0.05, 0) is 24.6 Å². The Bertz CT molecular complexity index is 516. The van der Waals surface area contributed by atoms with E-state index >= 15 is 0 Å². The Labute approximate surface area is 120 Å². The van der Waals surface area contributed by atoms with Crippen molar-refractivity contribution in [1.29, 1.82) is 0 Å². The van der Waals surface area contributed by atoms with Gasteiger partial charge in [-0.15, -0.1) is 11.8 Å². The van der Waals surface area contributed by atoms with E-state index < -0.39 is 5.92 Å². The van der Waals surface area contributed by atoms with Crippen molar-refractivity contribution in [2.75, 3.05) is 0 Å². The molecule has 0 N–H and O–H groups in total. The molecule has 0 saturated carbocycles. The van der Waals surface area contributed by atoms with Crippen LogP contribution in [-0.2, 0) is 9.59 Å². The molecule has 1 aliphatic rings. The lowest BCUT2D eigenvalue weighted by Crippen LogP contribution is -2.25. The summed E-state index contributed by atoms with van der Waals surface area (Å²) in [6.45, 7) is 3.38. The van der Waals surface area contributed by atoms with Crippen LogP contribution in [0.1, 0.15) is 24.7 Å². The number of rotatable bonds is 2. The SMILES string of the molecule is CC(=O)C1C(=O)C(c2ccc(Cl)c(Cl)c2)SC1C. The minimum Gasteiger partial charge on any atom is -0.299 e. The van der Waals surface area contributed by atoms with Gasteiger partial charge in [-0.3, -0.25) is 9.59 Å². The summed E-state index contributed by atoms with van der Waals surface area (Å²) in [7, 11) is 0. The molecule has 1 aromatic carbocycles. The molecule has 3 atom stereocenters. The molecule has 1 saturated heterocycles. The van der Waals surface area contributed by atoms with Gasteiger partial charge >= 0.3 is 0 Å². The van der Waals surface area contributed by atoms with Crippen molar-refractivity contribution in [2.24, 2.45) is 5.92 Å². The maximum atomic E-state index is 12.2. The molecule has 1 aliphatic heterocycles. The Kier molecular flexibility index (Phi) is 4.05. The normalized spacial score (nSPS) is 27.6. The van der Waals surface area contributed by atoms with Crippen LogP contribution in [0.2, 0.25) is 10.0 Å². The van der Waals surface area contributed by atoms with Gasteiger partial charge in [0.05, 0.1) is 21.2 Å². The lowest BCUT2D eigenvalue weighted by Gasteiger charge is -2.09. The van der Waals surface area contributed by atoms with Crippen LogP contribution in [0.4, 0.5) is 0 Å². The Hall–Kier alpha value is -0.510. The Morgan fingerprint density at radius 1 is 1.28 bits per heavy atom. The van der Waals surface area contributed by atoms with Gasteiger partial charge in [-0.25, -0.2) is 0 Å². The Balaban J connectivity index is 2.33. The molecule has 0 aromatic heterocycles. The average Bonchev–Trinajstić information content (AvgIpc) is 2.58. The second kappa shape index (κ2) is 5.24. The highest BCUT2D eigenvalue weighted by molar-refractivity contribution is 8.01. The van der Waals surface area contributed by atoms with Crippen LogP contribution in [0.15, 0.2) is 18.2 Å². The monoisotopic (exact) mass is 302 g/mol. The number of thioether (sulfide) groups is 1. The molecule has 3 unspecified atom stereocenters. The predicted octanol–water partition coefficient (Wildman–Crippen LogP) is 3.94. The molecular weight excluding hydrogens is 291 g/mol. The molecule has 1 aromatic rings. The van der Waals surface area contributed by atoms with E-state index in [2.05, 4.69) is 0 Å². The van der Waals surface area contributed by atoms with E-state index in [1.165, 1.54) is 18.7 Å². The fourth-order valence-electron chi connectivity index (χ4n) is 2.20.